The molecule has 0 bridgehead atoms. The first-order valence-electron chi connectivity index (χ1n) is 8.07. The molecule has 1 aromatic rings. The Hall–Kier alpha value is -1.06. The van der Waals surface area contributed by atoms with Gasteiger partial charge in [-0.2, -0.15) is 0 Å². The van der Waals surface area contributed by atoms with Crippen molar-refractivity contribution in [3.8, 4) is 5.75 Å². The Morgan fingerprint density at radius 2 is 1.81 bits per heavy atom. The van der Waals surface area contributed by atoms with E-state index in [0.717, 1.165) is 44.6 Å². The van der Waals surface area contributed by atoms with Gasteiger partial charge in [0.1, 0.15) is 5.75 Å². The van der Waals surface area contributed by atoms with Gasteiger partial charge in [-0.1, -0.05) is 26.0 Å². The van der Waals surface area contributed by atoms with Crippen molar-refractivity contribution in [2.24, 2.45) is 11.3 Å². The highest BCUT2D eigenvalue weighted by atomic mass is 16.5. The van der Waals surface area contributed by atoms with Crippen molar-refractivity contribution in [1.29, 1.82) is 0 Å². The van der Waals surface area contributed by atoms with E-state index in [1.54, 1.807) is 0 Å². The van der Waals surface area contributed by atoms with Crippen molar-refractivity contribution < 1.29 is 14.6 Å². The van der Waals surface area contributed by atoms with Crippen LogP contribution in [0.5, 0.6) is 5.75 Å². The minimum atomic E-state index is -0.0913. The van der Waals surface area contributed by atoms with Gasteiger partial charge in [-0.15, -0.1) is 0 Å². The van der Waals surface area contributed by atoms with Crippen LogP contribution in [0.25, 0.3) is 0 Å². The molecule has 1 atom stereocenters. The summed E-state index contributed by atoms with van der Waals surface area (Å²) in [5.74, 6) is 1.52. The fourth-order valence-corrected chi connectivity index (χ4v) is 3.31. The molecule has 1 unspecified atom stereocenters. The van der Waals surface area contributed by atoms with Crippen molar-refractivity contribution in [2.45, 2.75) is 51.7 Å². The monoisotopic (exact) mass is 290 g/mol. The van der Waals surface area contributed by atoms with Crippen LogP contribution < -0.4 is 4.74 Å². The van der Waals surface area contributed by atoms with Gasteiger partial charge in [0.15, 0.2) is 0 Å². The van der Waals surface area contributed by atoms with Crippen LogP contribution in [0.15, 0.2) is 24.3 Å². The van der Waals surface area contributed by atoms with Gasteiger partial charge in [0.25, 0.3) is 0 Å². The highest BCUT2D eigenvalue weighted by Gasteiger charge is 2.40. The topological polar surface area (TPSA) is 38.7 Å². The molecule has 2 aliphatic rings. The third kappa shape index (κ3) is 3.41. The van der Waals surface area contributed by atoms with Gasteiger partial charge in [-0.25, -0.2) is 0 Å². The van der Waals surface area contributed by atoms with Crippen molar-refractivity contribution in [3.05, 3.63) is 29.8 Å². The van der Waals surface area contributed by atoms with Crippen LogP contribution >= 0.6 is 0 Å². The largest absolute Gasteiger partial charge is 0.493 e. The summed E-state index contributed by atoms with van der Waals surface area (Å²) in [6.07, 6.45) is 4.10. The Kier molecular flexibility index (Phi) is 4.23. The van der Waals surface area contributed by atoms with Crippen LogP contribution in [0, 0.1) is 11.3 Å². The highest BCUT2D eigenvalue weighted by molar-refractivity contribution is 5.30. The van der Waals surface area contributed by atoms with Crippen molar-refractivity contribution in [1.82, 2.24) is 0 Å². The molecule has 1 saturated heterocycles. The lowest BCUT2D eigenvalue weighted by atomic mass is 9.79. The summed E-state index contributed by atoms with van der Waals surface area (Å²) >= 11 is 0. The molecule has 0 amide bonds. The van der Waals surface area contributed by atoms with Crippen molar-refractivity contribution in [3.63, 3.8) is 0 Å². The quantitative estimate of drug-likeness (QED) is 0.918. The molecule has 2 fully saturated rings. The van der Waals surface area contributed by atoms with Crippen molar-refractivity contribution >= 4 is 0 Å². The summed E-state index contributed by atoms with van der Waals surface area (Å²) in [5.41, 5.74) is 1.48. The third-order valence-electron chi connectivity index (χ3n) is 4.82. The number of hydrogen-bond donors (Lipinski definition) is 1. The number of ether oxygens (including phenoxy) is 2. The molecular weight excluding hydrogens is 264 g/mol. The molecular formula is C18H26O3. The predicted molar refractivity (Wildman–Crippen MR) is 82.4 cm³/mol. The van der Waals surface area contributed by atoms with E-state index in [1.807, 2.05) is 12.1 Å². The van der Waals surface area contributed by atoms with Gasteiger partial charge >= 0.3 is 0 Å². The molecule has 1 N–H and O–H groups in total. The Labute approximate surface area is 127 Å². The van der Waals surface area contributed by atoms with Gasteiger partial charge in [0.2, 0.25) is 0 Å². The van der Waals surface area contributed by atoms with Crippen molar-refractivity contribution in [2.75, 3.05) is 13.2 Å². The van der Waals surface area contributed by atoms with Gasteiger partial charge < -0.3 is 14.6 Å². The van der Waals surface area contributed by atoms with E-state index in [-0.39, 0.29) is 17.6 Å². The van der Waals surface area contributed by atoms with Crippen LogP contribution in [0.2, 0.25) is 0 Å². The molecule has 116 valence electrons. The summed E-state index contributed by atoms with van der Waals surface area (Å²) < 4.78 is 11.6. The molecule has 3 nitrogen and oxygen atoms in total. The van der Waals surface area contributed by atoms with Crippen LogP contribution in [0.3, 0.4) is 0 Å². The molecule has 3 rings (SSSR count). The summed E-state index contributed by atoms with van der Waals surface area (Å²) in [6.45, 7) is 6.08. The van der Waals surface area contributed by atoms with E-state index in [2.05, 4.69) is 26.0 Å². The van der Waals surface area contributed by atoms with E-state index in [9.17, 15) is 5.11 Å². The molecule has 1 aliphatic heterocycles. The number of hydrogen-bond acceptors (Lipinski definition) is 3. The fourth-order valence-electron chi connectivity index (χ4n) is 3.31. The Morgan fingerprint density at radius 1 is 1.14 bits per heavy atom. The van der Waals surface area contributed by atoms with Gasteiger partial charge in [0, 0.05) is 5.41 Å². The minimum Gasteiger partial charge on any atom is -0.493 e. The van der Waals surface area contributed by atoms with Crippen LogP contribution in [-0.4, -0.2) is 24.4 Å². The molecule has 1 aliphatic carbocycles. The molecule has 1 aromatic carbocycles. The lowest BCUT2D eigenvalue weighted by molar-refractivity contribution is -0.172. The van der Waals surface area contributed by atoms with Crippen LogP contribution in [0.1, 0.15) is 51.2 Å². The smallest absolute Gasteiger partial charge is 0.119 e. The highest BCUT2D eigenvalue weighted by Crippen LogP contribution is 2.45. The molecule has 0 radical (unpaired) electrons. The summed E-state index contributed by atoms with van der Waals surface area (Å²) in [4.78, 5) is 0. The minimum absolute atomic E-state index is 0.0913. The zero-order valence-corrected chi connectivity index (χ0v) is 13.0. The van der Waals surface area contributed by atoms with E-state index in [0.29, 0.717) is 5.92 Å². The summed E-state index contributed by atoms with van der Waals surface area (Å²) in [6, 6.07) is 8.33. The lowest BCUT2D eigenvalue weighted by Crippen LogP contribution is -2.40. The maximum Gasteiger partial charge on any atom is 0.119 e. The fraction of sp³-hybridized carbons (Fsp3) is 0.667. The van der Waals surface area contributed by atoms with Crippen LogP contribution in [-0.2, 0) is 4.74 Å². The van der Waals surface area contributed by atoms with Gasteiger partial charge in [0.05, 0.1) is 25.4 Å². The van der Waals surface area contributed by atoms with Gasteiger partial charge in [-0.3, -0.25) is 0 Å². The third-order valence-corrected chi connectivity index (χ3v) is 4.82. The lowest BCUT2D eigenvalue weighted by Gasteiger charge is -2.44. The second-order valence-corrected chi connectivity index (χ2v) is 7.23. The molecule has 1 saturated carbocycles. The number of aliphatic hydroxyl groups is 1. The van der Waals surface area contributed by atoms with E-state index in [4.69, 9.17) is 9.47 Å². The normalized spacial score (nSPS) is 31.5. The second-order valence-electron chi connectivity index (χ2n) is 7.23. The first-order chi connectivity index (χ1) is 10.0. The molecule has 0 spiro atoms. The molecule has 0 aromatic heterocycles. The SMILES string of the molecule is CC1(C)COC1c1ccc(OCC2CCC(O)CC2)cc1. The van der Waals surface area contributed by atoms with E-state index >= 15 is 0 Å². The standard InChI is InChI=1S/C18H26O3/c1-18(2)12-21-17(18)14-5-9-16(10-6-14)20-11-13-3-7-15(19)8-4-13/h5-6,9-10,13,15,17,19H,3-4,7-8,11-12H2,1-2H3. The van der Waals surface area contributed by atoms with E-state index < -0.39 is 0 Å². The zero-order valence-electron chi connectivity index (χ0n) is 13.0. The maximum absolute atomic E-state index is 9.51. The first-order valence-corrected chi connectivity index (χ1v) is 8.07. The average molecular weight is 290 g/mol. The molecule has 3 heteroatoms. The first kappa shape index (κ1) is 14.9. The number of rotatable bonds is 4. The van der Waals surface area contributed by atoms with Crippen LogP contribution in [0.4, 0.5) is 0 Å². The second kappa shape index (κ2) is 5.98. The maximum atomic E-state index is 9.51. The summed E-state index contributed by atoms with van der Waals surface area (Å²) in [5, 5.41) is 9.51. The molecule has 1 heterocycles. The predicted octanol–water partition coefficient (Wildman–Crippen LogP) is 3.71. The van der Waals surface area contributed by atoms with Gasteiger partial charge in [-0.05, 0) is 49.3 Å². The summed E-state index contributed by atoms with van der Waals surface area (Å²) in [7, 11) is 0. The molecule has 21 heavy (non-hydrogen) atoms. The number of benzene rings is 1. The Morgan fingerprint density at radius 3 is 2.33 bits per heavy atom. The Bertz CT molecular complexity index is 458. The zero-order chi connectivity index (χ0) is 14.9. The Balaban J connectivity index is 1.51. The number of aliphatic hydroxyl groups excluding tert-OH is 1. The van der Waals surface area contributed by atoms with E-state index in [1.165, 1.54) is 5.56 Å². The average Bonchev–Trinajstić information content (AvgIpc) is 2.47.